The molecule has 1 rings (SSSR count). The minimum Gasteiger partial charge on any atom is -0.480 e. The molecule has 0 radical (unpaired) electrons. The molecule has 0 unspecified atom stereocenters. The van der Waals surface area contributed by atoms with E-state index in [1.54, 1.807) is 0 Å². The number of nitrogens with zero attached hydrogens (tertiary/aromatic N) is 1. The van der Waals surface area contributed by atoms with Crippen LogP contribution in [0.5, 0.6) is 0 Å². The van der Waals surface area contributed by atoms with E-state index in [0.717, 1.165) is 4.90 Å². The van der Waals surface area contributed by atoms with Crippen molar-refractivity contribution in [1.29, 1.82) is 0 Å². The first-order valence-corrected chi connectivity index (χ1v) is 4.59. The second kappa shape index (κ2) is 4.79. The first-order valence-electron chi connectivity index (χ1n) is 4.59. The van der Waals surface area contributed by atoms with Gasteiger partial charge in [0.2, 0.25) is 0 Å². The summed E-state index contributed by atoms with van der Waals surface area (Å²) < 4.78 is 4.75. The van der Waals surface area contributed by atoms with E-state index in [0.29, 0.717) is 0 Å². The minimum atomic E-state index is -1.06. The number of rotatable bonds is 3. The summed E-state index contributed by atoms with van der Waals surface area (Å²) >= 11 is 0. The lowest BCUT2D eigenvalue weighted by Crippen LogP contribution is -2.41. The second-order valence-electron chi connectivity index (χ2n) is 3.37. The number of hydrogen-bond donors (Lipinski definition) is 2. The van der Waals surface area contributed by atoms with Crippen LogP contribution >= 0.6 is 0 Å². The fourth-order valence-corrected chi connectivity index (χ4v) is 1.52. The topological polar surface area (TPSA) is 92.9 Å². The number of carboxylic acids is 1. The number of carbonyl (C=O) groups is 2. The van der Waals surface area contributed by atoms with Crippen LogP contribution in [-0.2, 0) is 9.53 Å². The summed E-state index contributed by atoms with van der Waals surface area (Å²) in [5.74, 6) is -1.06. The van der Waals surface area contributed by atoms with E-state index in [1.165, 1.54) is 6.08 Å². The van der Waals surface area contributed by atoms with Crippen molar-refractivity contribution in [2.24, 2.45) is 5.73 Å². The molecule has 0 aromatic carbocycles. The van der Waals surface area contributed by atoms with Gasteiger partial charge in [-0.1, -0.05) is 12.7 Å². The zero-order chi connectivity index (χ0) is 11.4. The average molecular weight is 214 g/mol. The molecule has 1 heterocycles. The third kappa shape index (κ3) is 2.69. The summed E-state index contributed by atoms with van der Waals surface area (Å²) in [6.07, 6.45) is 1.03. The quantitative estimate of drug-likeness (QED) is 0.634. The second-order valence-corrected chi connectivity index (χ2v) is 3.37. The fraction of sp³-hybridized carbons (Fsp3) is 0.556. The average Bonchev–Trinajstić information content (AvgIpc) is 2.57. The molecule has 0 aliphatic carbocycles. The number of carboxylic acid groups (broad SMARTS) is 1. The van der Waals surface area contributed by atoms with Crippen molar-refractivity contribution >= 4 is 12.1 Å². The summed E-state index contributed by atoms with van der Waals surface area (Å²) in [6.45, 7) is 3.67. The van der Waals surface area contributed by atoms with Gasteiger partial charge in [0.05, 0.1) is 0 Å². The van der Waals surface area contributed by atoms with Gasteiger partial charge in [-0.15, -0.1) is 0 Å². The van der Waals surface area contributed by atoms with E-state index in [1.807, 2.05) is 0 Å². The molecule has 0 aromatic rings. The largest absolute Gasteiger partial charge is 0.480 e. The highest BCUT2D eigenvalue weighted by atomic mass is 16.6. The molecule has 0 aromatic heterocycles. The van der Waals surface area contributed by atoms with E-state index in [9.17, 15) is 9.59 Å². The van der Waals surface area contributed by atoms with Gasteiger partial charge in [-0.3, -0.25) is 4.90 Å². The Kier molecular flexibility index (Phi) is 3.68. The molecule has 1 aliphatic rings. The van der Waals surface area contributed by atoms with E-state index < -0.39 is 18.1 Å². The molecule has 84 valence electrons. The lowest BCUT2D eigenvalue weighted by atomic mass is 10.2. The Hall–Kier alpha value is -1.56. The summed E-state index contributed by atoms with van der Waals surface area (Å²) in [5.41, 5.74) is 5.59. The van der Waals surface area contributed by atoms with Crippen molar-refractivity contribution in [1.82, 2.24) is 4.90 Å². The lowest BCUT2D eigenvalue weighted by Gasteiger charge is -2.19. The van der Waals surface area contributed by atoms with Crippen LogP contribution in [0.1, 0.15) is 6.42 Å². The van der Waals surface area contributed by atoms with E-state index >= 15 is 0 Å². The Morgan fingerprint density at radius 3 is 2.87 bits per heavy atom. The van der Waals surface area contributed by atoms with Crippen LogP contribution in [0.2, 0.25) is 0 Å². The Labute approximate surface area is 87.3 Å². The number of nitrogens with two attached hydrogens (primary N) is 1. The highest BCUT2D eigenvalue weighted by Crippen LogP contribution is 2.17. The van der Waals surface area contributed by atoms with Crippen LogP contribution in [0.4, 0.5) is 4.79 Å². The maximum Gasteiger partial charge on any atom is 0.410 e. The maximum atomic E-state index is 11.4. The molecule has 1 aliphatic heterocycles. The van der Waals surface area contributed by atoms with Crippen molar-refractivity contribution in [2.45, 2.75) is 18.5 Å². The molecule has 0 saturated carbocycles. The fourth-order valence-electron chi connectivity index (χ4n) is 1.52. The first kappa shape index (κ1) is 11.5. The molecule has 0 bridgehead atoms. The third-order valence-electron chi connectivity index (χ3n) is 2.18. The van der Waals surface area contributed by atoms with Gasteiger partial charge in [0.1, 0.15) is 12.6 Å². The number of carbonyl (C=O) groups excluding carboxylic acids is 1. The molecular formula is C9H14N2O4. The number of hydrogen-bond acceptors (Lipinski definition) is 4. The van der Waals surface area contributed by atoms with Crippen LogP contribution < -0.4 is 5.73 Å². The zero-order valence-corrected chi connectivity index (χ0v) is 8.26. The van der Waals surface area contributed by atoms with Crippen LogP contribution in [-0.4, -0.2) is 47.3 Å². The molecule has 15 heavy (non-hydrogen) atoms. The summed E-state index contributed by atoms with van der Waals surface area (Å²) in [5, 5.41) is 8.85. The number of amides is 1. The zero-order valence-electron chi connectivity index (χ0n) is 8.26. The predicted molar refractivity (Wildman–Crippen MR) is 52.3 cm³/mol. The van der Waals surface area contributed by atoms with E-state index in [-0.39, 0.29) is 25.6 Å². The summed E-state index contributed by atoms with van der Waals surface area (Å²) in [7, 11) is 0. The van der Waals surface area contributed by atoms with E-state index in [2.05, 4.69) is 6.58 Å². The van der Waals surface area contributed by atoms with E-state index in [4.69, 9.17) is 15.6 Å². The smallest absolute Gasteiger partial charge is 0.410 e. The molecule has 2 atom stereocenters. The molecule has 1 amide bonds. The molecule has 6 heteroatoms. The lowest BCUT2D eigenvalue weighted by molar-refractivity contribution is -0.141. The molecule has 1 saturated heterocycles. The highest BCUT2D eigenvalue weighted by Gasteiger charge is 2.38. The predicted octanol–water partition coefficient (Wildman–Crippen LogP) is -0.205. The van der Waals surface area contributed by atoms with Crippen LogP contribution in [0.15, 0.2) is 12.7 Å². The molecule has 1 fully saturated rings. The Morgan fingerprint density at radius 1 is 1.67 bits per heavy atom. The summed E-state index contributed by atoms with van der Waals surface area (Å²) in [4.78, 5) is 23.3. The van der Waals surface area contributed by atoms with Gasteiger partial charge in [-0.25, -0.2) is 9.59 Å². The Morgan fingerprint density at radius 2 is 2.33 bits per heavy atom. The first-order chi connectivity index (χ1) is 7.06. The highest BCUT2D eigenvalue weighted by molar-refractivity contribution is 5.81. The summed E-state index contributed by atoms with van der Waals surface area (Å²) in [6, 6.07) is -1.18. The van der Waals surface area contributed by atoms with Gasteiger partial charge in [-0.2, -0.15) is 0 Å². The van der Waals surface area contributed by atoms with Gasteiger partial charge in [0.25, 0.3) is 0 Å². The van der Waals surface area contributed by atoms with Crippen molar-refractivity contribution < 1.29 is 19.4 Å². The normalized spacial score (nSPS) is 25.0. The molecule has 3 N–H and O–H groups in total. The van der Waals surface area contributed by atoms with Crippen molar-refractivity contribution in [3.8, 4) is 0 Å². The van der Waals surface area contributed by atoms with Gasteiger partial charge < -0.3 is 15.6 Å². The number of likely N-dealkylation sites (tertiary alicyclic amines) is 1. The Bertz CT molecular complexity index is 279. The van der Waals surface area contributed by atoms with Crippen molar-refractivity contribution in [2.75, 3.05) is 13.2 Å². The minimum absolute atomic E-state index is 0.0664. The standard InChI is InChI=1S/C9H14N2O4/c1-2-3-15-9(14)11-5-6(10)4-7(11)8(12)13/h2,6-7H,1,3-5,10H2,(H,12,13)/t6-,7-/m0/s1. The molecule has 6 nitrogen and oxygen atoms in total. The number of ether oxygens (including phenoxy) is 1. The number of aliphatic carboxylic acids is 1. The van der Waals surface area contributed by atoms with Crippen molar-refractivity contribution in [3.05, 3.63) is 12.7 Å². The monoisotopic (exact) mass is 214 g/mol. The van der Waals surface area contributed by atoms with Crippen LogP contribution in [0, 0.1) is 0 Å². The molecule has 0 spiro atoms. The maximum absolute atomic E-state index is 11.4. The van der Waals surface area contributed by atoms with Crippen molar-refractivity contribution in [3.63, 3.8) is 0 Å². The van der Waals surface area contributed by atoms with Gasteiger partial charge in [0.15, 0.2) is 0 Å². The van der Waals surface area contributed by atoms with Crippen LogP contribution in [0.25, 0.3) is 0 Å². The van der Waals surface area contributed by atoms with Gasteiger partial charge in [-0.05, 0) is 6.42 Å². The van der Waals surface area contributed by atoms with Gasteiger partial charge >= 0.3 is 12.1 Å². The molecular weight excluding hydrogens is 200 g/mol. The van der Waals surface area contributed by atoms with Gasteiger partial charge in [0, 0.05) is 12.6 Å². The Balaban J connectivity index is 2.62. The third-order valence-corrected chi connectivity index (χ3v) is 2.18. The SMILES string of the molecule is C=CCOC(=O)N1C[C@@H](N)C[C@H]1C(=O)O. The van der Waals surface area contributed by atoms with Crippen LogP contribution in [0.3, 0.4) is 0 Å².